The van der Waals surface area contributed by atoms with Gasteiger partial charge in [-0.3, -0.25) is 9.36 Å². The second kappa shape index (κ2) is 14.0. The number of rotatable bonds is 11. The molecule has 0 saturated carbocycles. The normalized spacial score (nSPS) is 17.6. The van der Waals surface area contributed by atoms with E-state index in [9.17, 15) is 9.59 Å². The molecule has 0 aliphatic carbocycles. The molecular formula is C38H37N3O6. The average Bonchev–Trinajstić information content (AvgIpc) is 3.49. The van der Waals surface area contributed by atoms with E-state index in [2.05, 4.69) is 29.4 Å². The molecule has 5 aromatic rings. The van der Waals surface area contributed by atoms with E-state index in [0.717, 1.165) is 28.2 Å². The minimum absolute atomic E-state index is 0.0737. The van der Waals surface area contributed by atoms with Crippen LogP contribution in [0.5, 0.6) is 11.5 Å². The van der Waals surface area contributed by atoms with Crippen LogP contribution in [0.15, 0.2) is 126 Å². The van der Waals surface area contributed by atoms with E-state index in [1.807, 2.05) is 72.8 Å². The Balaban J connectivity index is 1.26. The second-order valence-corrected chi connectivity index (χ2v) is 11.5. The number of aromatic nitrogens is 2. The first-order valence-corrected chi connectivity index (χ1v) is 15.5. The summed E-state index contributed by atoms with van der Waals surface area (Å²) in [6.45, 7) is 2.34. The number of nitrogens with zero attached hydrogens (tertiary/aromatic N) is 2. The van der Waals surface area contributed by atoms with Crippen LogP contribution in [-0.2, 0) is 15.1 Å². The molecule has 240 valence electrons. The predicted molar refractivity (Wildman–Crippen MR) is 179 cm³/mol. The molecule has 3 atom stereocenters. The lowest BCUT2D eigenvalue weighted by molar-refractivity contribution is -0.0836. The van der Waals surface area contributed by atoms with Gasteiger partial charge in [0.25, 0.3) is 5.91 Å². The van der Waals surface area contributed by atoms with Crippen molar-refractivity contribution in [3.63, 3.8) is 0 Å². The molecule has 1 saturated heterocycles. The van der Waals surface area contributed by atoms with Gasteiger partial charge in [-0.2, -0.15) is 4.98 Å². The van der Waals surface area contributed by atoms with Crippen molar-refractivity contribution in [1.82, 2.24) is 9.55 Å². The predicted octanol–water partition coefficient (Wildman–Crippen LogP) is 6.45. The number of carbonyl (C=O) groups excluding carboxylic acids is 1. The third kappa shape index (κ3) is 6.67. The van der Waals surface area contributed by atoms with Gasteiger partial charge >= 0.3 is 5.69 Å². The fourth-order valence-corrected chi connectivity index (χ4v) is 6.00. The van der Waals surface area contributed by atoms with Gasteiger partial charge in [0.05, 0.1) is 26.9 Å². The summed E-state index contributed by atoms with van der Waals surface area (Å²) < 4.78 is 25.9. The van der Waals surface area contributed by atoms with Crippen LogP contribution in [0.3, 0.4) is 0 Å². The molecule has 0 unspecified atom stereocenters. The van der Waals surface area contributed by atoms with Gasteiger partial charge in [0, 0.05) is 11.8 Å². The first-order chi connectivity index (χ1) is 22.9. The van der Waals surface area contributed by atoms with E-state index < -0.39 is 17.5 Å². The Morgan fingerprint density at radius 3 is 1.94 bits per heavy atom. The second-order valence-electron chi connectivity index (χ2n) is 11.5. The van der Waals surface area contributed by atoms with Crippen molar-refractivity contribution in [3.05, 3.63) is 154 Å². The van der Waals surface area contributed by atoms with Crippen LogP contribution in [0.25, 0.3) is 0 Å². The topological polar surface area (TPSA) is 101 Å². The molecule has 9 heteroatoms. The van der Waals surface area contributed by atoms with Crippen molar-refractivity contribution < 1.29 is 23.7 Å². The van der Waals surface area contributed by atoms with Crippen LogP contribution in [0.1, 0.15) is 46.6 Å². The number of ether oxygens (including phenoxy) is 4. The lowest BCUT2D eigenvalue weighted by Gasteiger charge is -2.37. The van der Waals surface area contributed by atoms with E-state index in [1.165, 1.54) is 4.57 Å². The molecule has 47 heavy (non-hydrogen) atoms. The highest BCUT2D eigenvalue weighted by Crippen LogP contribution is 2.43. The zero-order valence-electron chi connectivity index (χ0n) is 26.5. The quantitative estimate of drug-likeness (QED) is 0.167. The van der Waals surface area contributed by atoms with Gasteiger partial charge in [-0.05, 0) is 71.5 Å². The largest absolute Gasteiger partial charge is 0.497 e. The summed E-state index contributed by atoms with van der Waals surface area (Å²) in [5.41, 5.74) is 1.77. The number of methoxy groups -OCH3 is 2. The summed E-state index contributed by atoms with van der Waals surface area (Å²) >= 11 is 0. The number of amides is 1. The zero-order valence-corrected chi connectivity index (χ0v) is 26.5. The van der Waals surface area contributed by atoms with Crippen LogP contribution in [0.2, 0.25) is 0 Å². The van der Waals surface area contributed by atoms with E-state index in [-0.39, 0.29) is 30.4 Å². The maximum absolute atomic E-state index is 13.1. The van der Waals surface area contributed by atoms with E-state index in [0.29, 0.717) is 12.0 Å². The smallest absolute Gasteiger partial charge is 0.351 e. The molecule has 1 aromatic heterocycles. The van der Waals surface area contributed by atoms with Gasteiger partial charge in [0.2, 0.25) is 0 Å². The Kier molecular flexibility index (Phi) is 9.47. The third-order valence-electron chi connectivity index (χ3n) is 8.60. The van der Waals surface area contributed by atoms with Gasteiger partial charge < -0.3 is 24.3 Å². The molecule has 1 amide bonds. The van der Waals surface area contributed by atoms with Gasteiger partial charge in [-0.15, -0.1) is 0 Å². The Hall–Kier alpha value is -5.25. The molecule has 2 heterocycles. The molecular weight excluding hydrogens is 594 g/mol. The van der Waals surface area contributed by atoms with Crippen molar-refractivity contribution in [3.8, 4) is 11.5 Å². The minimum Gasteiger partial charge on any atom is -0.497 e. The molecule has 6 rings (SSSR count). The number of anilines is 1. The summed E-state index contributed by atoms with van der Waals surface area (Å²) in [5, 5.41) is 2.69. The van der Waals surface area contributed by atoms with Crippen molar-refractivity contribution >= 4 is 11.7 Å². The van der Waals surface area contributed by atoms with Crippen LogP contribution >= 0.6 is 0 Å². The van der Waals surface area contributed by atoms with Crippen LogP contribution < -0.4 is 20.5 Å². The molecule has 0 radical (unpaired) electrons. The Morgan fingerprint density at radius 2 is 1.38 bits per heavy atom. The Bertz CT molecular complexity index is 1800. The number of nitrogens with one attached hydrogen (secondary N) is 1. The highest BCUT2D eigenvalue weighted by Gasteiger charge is 2.41. The Labute approximate surface area is 273 Å². The monoisotopic (exact) mass is 631 g/mol. The molecule has 1 aliphatic heterocycles. The summed E-state index contributed by atoms with van der Waals surface area (Å²) in [7, 11) is 3.29. The number of carbonyl (C=O) groups is 1. The van der Waals surface area contributed by atoms with E-state index in [1.54, 1.807) is 50.7 Å². The first-order valence-electron chi connectivity index (χ1n) is 15.5. The lowest BCUT2D eigenvalue weighted by atomic mass is 9.80. The first kappa shape index (κ1) is 31.7. The summed E-state index contributed by atoms with van der Waals surface area (Å²) in [6, 6.07) is 36.2. The SMILES string of the molecule is COc1ccc(C(OC[C@H]2O[C@@H](n3ccc(NC(=O)c4ccccc4)nc3=O)C[C@@H]2C)(c2ccccc2)c2ccc(OC)cc2)cc1. The average molecular weight is 632 g/mol. The van der Waals surface area contributed by atoms with Gasteiger partial charge in [0.15, 0.2) is 0 Å². The van der Waals surface area contributed by atoms with E-state index >= 15 is 0 Å². The van der Waals surface area contributed by atoms with Crippen LogP contribution in [0.4, 0.5) is 5.82 Å². The molecule has 0 bridgehead atoms. The van der Waals surface area contributed by atoms with Crippen molar-refractivity contribution in [2.45, 2.75) is 31.3 Å². The fraction of sp³-hybridized carbons (Fsp3) is 0.237. The van der Waals surface area contributed by atoms with Gasteiger partial charge in [-0.1, -0.05) is 79.7 Å². The van der Waals surface area contributed by atoms with Gasteiger partial charge in [-0.25, -0.2) is 4.79 Å². The van der Waals surface area contributed by atoms with Gasteiger partial charge in [0.1, 0.15) is 29.1 Å². The highest BCUT2D eigenvalue weighted by atomic mass is 16.6. The maximum Gasteiger partial charge on any atom is 0.351 e. The van der Waals surface area contributed by atoms with Crippen molar-refractivity contribution in [1.29, 1.82) is 0 Å². The molecule has 1 aliphatic rings. The molecule has 0 spiro atoms. The van der Waals surface area contributed by atoms with E-state index in [4.69, 9.17) is 18.9 Å². The maximum atomic E-state index is 13.1. The summed E-state index contributed by atoms with van der Waals surface area (Å²) in [6.07, 6.45) is 1.35. The lowest BCUT2D eigenvalue weighted by Crippen LogP contribution is -2.37. The molecule has 1 N–H and O–H groups in total. The van der Waals surface area contributed by atoms with Crippen LogP contribution in [0, 0.1) is 5.92 Å². The third-order valence-corrected chi connectivity index (χ3v) is 8.60. The summed E-state index contributed by atoms with van der Waals surface area (Å²) in [5.74, 6) is 1.40. The number of hydrogen-bond donors (Lipinski definition) is 1. The summed E-state index contributed by atoms with van der Waals surface area (Å²) in [4.78, 5) is 29.8. The Morgan fingerprint density at radius 1 is 0.830 bits per heavy atom. The zero-order chi connectivity index (χ0) is 32.8. The molecule has 4 aromatic carbocycles. The molecule has 1 fully saturated rings. The fourth-order valence-electron chi connectivity index (χ4n) is 6.00. The standard InChI is InChI=1S/C38H37N3O6/c1-26-24-35(41-23-22-34(40-37(41)43)39-36(42)27-10-6-4-7-11-27)47-33(26)25-46-38(28-12-8-5-9-13-28,29-14-18-31(44-2)19-15-29)30-16-20-32(45-3)21-17-30/h4-23,26,33,35H,24-25H2,1-3H3,(H,39,40,42,43)/t26-,33+,35+/m0/s1. The van der Waals surface area contributed by atoms with Crippen LogP contribution in [-0.4, -0.2) is 42.4 Å². The number of hydrogen-bond acceptors (Lipinski definition) is 7. The highest BCUT2D eigenvalue weighted by molar-refractivity contribution is 6.03. The minimum atomic E-state index is -0.988. The number of benzene rings is 4. The van der Waals surface area contributed by atoms with Crippen molar-refractivity contribution in [2.75, 3.05) is 26.1 Å². The molecule has 9 nitrogen and oxygen atoms in total. The van der Waals surface area contributed by atoms with Crippen molar-refractivity contribution in [2.24, 2.45) is 5.92 Å².